The van der Waals surface area contributed by atoms with Gasteiger partial charge in [0.25, 0.3) is 0 Å². The van der Waals surface area contributed by atoms with Gasteiger partial charge in [0, 0.05) is 30.1 Å². The van der Waals surface area contributed by atoms with Crippen molar-refractivity contribution in [2.75, 3.05) is 23.3 Å². The minimum absolute atomic E-state index is 0.141. The number of fused-ring (bicyclic) bond motifs is 1. The van der Waals surface area contributed by atoms with Crippen molar-refractivity contribution in [3.05, 3.63) is 53.1 Å². The maximum atomic E-state index is 13.9. The molecule has 3 aromatic rings. The van der Waals surface area contributed by atoms with E-state index in [0.29, 0.717) is 24.5 Å². The van der Waals surface area contributed by atoms with Gasteiger partial charge in [0.2, 0.25) is 0 Å². The highest BCUT2D eigenvalue weighted by Gasteiger charge is 2.37. The van der Waals surface area contributed by atoms with Gasteiger partial charge in [0.1, 0.15) is 11.6 Å². The first-order chi connectivity index (χ1) is 13.2. The summed E-state index contributed by atoms with van der Waals surface area (Å²) in [4.78, 5) is 6.56. The molecule has 6 nitrogen and oxygen atoms in total. The van der Waals surface area contributed by atoms with Crippen LogP contribution in [0.5, 0.6) is 0 Å². The highest BCUT2D eigenvalue weighted by Crippen LogP contribution is 2.32. The van der Waals surface area contributed by atoms with E-state index >= 15 is 0 Å². The summed E-state index contributed by atoms with van der Waals surface area (Å²) in [6.45, 7) is 8.56. The van der Waals surface area contributed by atoms with E-state index in [4.69, 9.17) is 0 Å². The standard InChI is InChI=1S/C21H24FN5O/c1-12-15(6-5-7-18(12)22)13(2)24-20-16-8-19(27-10-21(4,28)11-27)23-9-17(16)14(3)25-26-20/h5-9,13,28H,10-11H2,1-4H3,(H,24,26)/t13-/m1/s1. The number of pyridine rings is 1. The Morgan fingerprint density at radius 1 is 1.21 bits per heavy atom. The summed E-state index contributed by atoms with van der Waals surface area (Å²) in [5.74, 6) is 1.21. The average molecular weight is 381 g/mol. The van der Waals surface area contributed by atoms with E-state index in [1.807, 2.05) is 37.8 Å². The normalized spacial score (nSPS) is 16.7. The number of aliphatic hydroxyl groups is 1. The Balaban J connectivity index is 1.70. The first kappa shape index (κ1) is 18.6. The minimum Gasteiger partial charge on any atom is -0.386 e. The molecule has 1 aliphatic heterocycles. The topological polar surface area (TPSA) is 74.2 Å². The number of rotatable bonds is 4. The summed E-state index contributed by atoms with van der Waals surface area (Å²) in [6.07, 6.45) is 1.80. The molecule has 0 unspecified atom stereocenters. The van der Waals surface area contributed by atoms with Gasteiger partial charge >= 0.3 is 0 Å². The van der Waals surface area contributed by atoms with Gasteiger partial charge in [-0.3, -0.25) is 0 Å². The van der Waals surface area contributed by atoms with Crippen LogP contribution < -0.4 is 10.2 Å². The Morgan fingerprint density at radius 3 is 2.68 bits per heavy atom. The Labute approximate surface area is 163 Å². The molecule has 0 amide bonds. The van der Waals surface area contributed by atoms with Crippen LogP contribution in [0.25, 0.3) is 10.8 Å². The van der Waals surface area contributed by atoms with Crippen LogP contribution in [-0.4, -0.2) is 39.0 Å². The molecule has 28 heavy (non-hydrogen) atoms. The summed E-state index contributed by atoms with van der Waals surface area (Å²) in [6, 6.07) is 6.92. The molecule has 0 spiro atoms. The van der Waals surface area contributed by atoms with E-state index in [1.165, 1.54) is 6.07 Å². The molecule has 0 saturated carbocycles. The van der Waals surface area contributed by atoms with Gasteiger partial charge in [-0.15, -0.1) is 5.10 Å². The van der Waals surface area contributed by atoms with Crippen molar-refractivity contribution in [3.63, 3.8) is 0 Å². The van der Waals surface area contributed by atoms with E-state index < -0.39 is 5.60 Å². The molecule has 1 atom stereocenters. The largest absolute Gasteiger partial charge is 0.386 e. The second-order valence-corrected chi connectivity index (χ2v) is 7.90. The highest BCUT2D eigenvalue weighted by atomic mass is 19.1. The molecule has 1 aromatic carbocycles. The number of aryl methyl sites for hydroxylation is 1. The molecule has 7 heteroatoms. The SMILES string of the molecule is Cc1c(F)cccc1[C@@H](C)Nc1nnc(C)c2cnc(N3CC(C)(O)C3)cc12. The number of aromatic nitrogens is 3. The zero-order valence-corrected chi connectivity index (χ0v) is 16.5. The number of benzene rings is 1. The lowest BCUT2D eigenvalue weighted by Crippen LogP contribution is -2.60. The number of anilines is 2. The number of β-amino-alcohol motifs (C(OH)–C–C–N with tert-alkyl or cyclic N) is 1. The maximum Gasteiger partial charge on any atom is 0.157 e. The van der Waals surface area contributed by atoms with Crippen LogP contribution in [0.4, 0.5) is 16.0 Å². The van der Waals surface area contributed by atoms with Crippen LogP contribution in [0.1, 0.15) is 36.7 Å². The van der Waals surface area contributed by atoms with E-state index in [2.05, 4.69) is 20.5 Å². The molecule has 2 N–H and O–H groups in total. The van der Waals surface area contributed by atoms with E-state index in [-0.39, 0.29) is 11.9 Å². The van der Waals surface area contributed by atoms with Crippen molar-refractivity contribution in [1.82, 2.24) is 15.2 Å². The molecule has 1 fully saturated rings. The van der Waals surface area contributed by atoms with Gasteiger partial charge in [-0.05, 0) is 51.0 Å². The number of nitrogens with one attached hydrogen (secondary N) is 1. The molecular formula is C21H24FN5O. The summed E-state index contributed by atoms with van der Waals surface area (Å²) in [5, 5.41) is 23.8. The lowest BCUT2D eigenvalue weighted by atomic mass is 9.97. The third kappa shape index (κ3) is 3.26. The van der Waals surface area contributed by atoms with Crippen molar-refractivity contribution >= 4 is 22.4 Å². The fourth-order valence-electron chi connectivity index (χ4n) is 3.75. The van der Waals surface area contributed by atoms with Crippen molar-refractivity contribution in [2.24, 2.45) is 0 Å². The second-order valence-electron chi connectivity index (χ2n) is 7.90. The molecule has 0 radical (unpaired) electrons. The quantitative estimate of drug-likeness (QED) is 0.720. The third-order valence-corrected chi connectivity index (χ3v) is 5.35. The van der Waals surface area contributed by atoms with Crippen molar-refractivity contribution < 1.29 is 9.50 Å². The van der Waals surface area contributed by atoms with Gasteiger partial charge in [-0.1, -0.05) is 12.1 Å². The van der Waals surface area contributed by atoms with Crippen LogP contribution >= 0.6 is 0 Å². The molecule has 0 bridgehead atoms. The first-order valence-electron chi connectivity index (χ1n) is 9.37. The molecular weight excluding hydrogens is 357 g/mol. The van der Waals surface area contributed by atoms with Crippen molar-refractivity contribution in [3.8, 4) is 0 Å². The number of nitrogens with zero attached hydrogens (tertiary/aromatic N) is 4. The van der Waals surface area contributed by atoms with Crippen molar-refractivity contribution in [1.29, 1.82) is 0 Å². The fourth-order valence-corrected chi connectivity index (χ4v) is 3.75. The maximum absolute atomic E-state index is 13.9. The third-order valence-electron chi connectivity index (χ3n) is 5.35. The average Bonchev–Trinajstić information content (AvgIpc) is 2.64. The molecule has 1 aliphatic rings. The monoisotopic (exact) mass is 381 g/mol. The van der Waals surface area contributed by atoms with Gasteiger partial charge in [-0.25, -0.2) is 9.37 Å². The Morgan fingerprint density at radius 2 is 1.96 bits per heavy atom. The summed E-state index contributed by atoms with van der Waals surface area (Å²) < 4.78 is 13.9. The molecule has 2 aromatic heterocycles. The zero-order chi connectivity index (χ0) is 20.1. The fraction of sp³-hybridized carbons (Fsp3) is 0.381. The van der Waals surface area contributed by atoms with Gasteiger partial charge in [0.15, 0.2) is 5.82 Å². The van der Waals surface area contributed by atoms with Crippen LogP contribution in [-0.2, 0) is 0 Å². The smallest absolute Gasteiger partial charge is 0.157 e. The van der Waals surface area contributed by atoms with E-state index in [1.54, 1.807) is 19.2 Å². The van der Waals surface area contributed by atoms with Gasteiger partial charge in [-0.2, -0.15) is 5.10 Å². The van der Waals surface area contributed by atoms with Crippen LogP contribution in [0.3, 0.4) is 0 Å². The Bertz CT molecular complexity index is 1040. The number of hydrogen-bond acceptors (Lipinski definition) is 6. The van der Waals surface area contributed by atoms with Crippen LogP contribution in [0, 0.1) is 19.7 Å². The van der Waals surface area contributed by atoms with Gasteiger partial charge < -0.3 is 15.3 Å². The second kappa shape index (κ2) is 6.67. The summed E-state index contributed by atoms with van der Waals surface area (Å²) in [7, 11) is 0. The summed E-state index contributed by atoms with van der Waals surface area (Å²) in [5.41, 5.74) is 1.62. The predicted octanol–water partition coefficient (Wildman–Crippen LogP) is 3.52. The summed E-state index contributed by atoms with van der Waals surface area (Å²) >= 11 is 0. The predicted molar refractivity (Wildman–Crippen MR) is 108 cm³/mol. The Hall–Kier alpha value is -2.80. The van der Waals surface area contributed by atoms with Crippen molar-refractivity contribution in [2.45, 2.75) is 39.3 Å². The van der Waals surface area contributed by atoms with E-state index in [0.717, 1.165) is 27.8 Å². The first-order valence-corrected chi connectivity index (χ1v) is 9.37. The lowest BCUT2D eigenvalue weighted by molar-refractivity contribution is 0.0305. The van der Waals surface area contributed by atoms with Crippen LogP contribution in [0.2, 0.25) is 0 Å². The zero-order valence-electron chi connectivity index (χ0n) is 16.5. The van der Waals surface area contributed by atoms with E-state index in [9.17, 15) is 9.50 Å². The number of hydrogen-bond donors (Lipinski definition) is 2. The molecule has 3 heterocycles. The van der Waals surface area contributed by atoms with Gasteiger partial charge in [0.05, 0.1) is 17.3 Å². The Kier molecular flexibility index (Phi) is 4.42. The molecule has 1 saturated heterocycles. The molecule has 4 rings (SSSR count). The van der Waals surface area contributed by atoms with Crippen LogP contribution in [0.15, 0.2) is 30.5 Å². The molecule has 0 aliphatic carbocycles. The minimum atomic E-state index is -0.673. The molecule has 146 valence electrons. The highest BCUT2D eigenvalue weighted by molar-refractivity contribution is 5.94. The number of halogens is 1. The lowest BCUT2D eigenvalue weighted by Gasteiger charge is -2.45.